The average molecular weight is 487 g/mol. The van der Waals surface area contributed by atoms with Crippen LogP contribution in [0.25, 0.3) is 11.4 Å². The minimum atomic E-state index is -0.444. The number of hydrogen-bond donors (Lipinski definition) is 2. The highest BCUT2D eigenvalue weighted by atomic mass is 79.9. The van der Waals surface area contributed by atoms with Crippen LogP contribution in [0.5, 0.6) is 0 Å². The Kier molecular flexibility index (Phi) is 5.28. The maximum absolute atomic E-state index is 13.4. The predicted octanol–water partition coefficient (Wildman–Crippen LogP) is 5.03. The van der Waals surface area contributed by atoms with Crippen LogP contribution in [0, 0.1) is 0 Å². The normalized spacial score (nSPS) is 15.1. The molecule has 4 aromatic rings. The summed E-state index contributed by atoms with van der Waals surface area (Å²) in [7, 11) is 0. The molecule has 8 heteroatoms. The Bertz CT molecular complexity index is 1300. The lowest BCUT2D eigenvalue weighted by Crippen LogP contribution is -2.31. The summed E-state index contributed by atoms with van der Waals surface area (Å²) in [6.07, 6.45) is 3.28. The molecule has 2 aromatic carbocycles. The molecule has 0 saturated carbocycles. The van der Waals surface area contributed by atoms with E-state index in [0.29, 0.717) is 23.0 Å². The van der Waals surface area contributed by atoms with Crippen LogP contribution in [0.4, 0.5) is 11.6 Å². The molecule has 0 unspecified atom stereocenters. The van der Waals surface area contributed by atoms with Crippen LogP contribution in [0.2, 0.25) is 0 Å². The molecule has 0 spiro atoms. The van der Waals surface area contributed by atoms with Crippen molar-refractivity contribution in [3.8, 4) is 11.4 Å². The Hall–Kier alpha value is -3.78. The van der Waals surface area contributed by atoms with Gasteiger partial charge in [0.15, 0.2) is 5.82 Å². The third-order valence-electron chi connectivity index (χ3n) is 5.23. The molecule has 0 bridgehead atoms. The minimum Gasteiger partial charge on any atom is -0.328 e. The molecule has 0 aliphatic carbocycles. The third kappa shape index (κ3) is 3.80. The van der Waals surface area contributed by atoms with E-state index in [2.05, 4.69) is 31.5 Å². The number of hydrogen-bond acceptors (Lipinski definition) is 5. The number of pyridine rings is 1. The predicted molar refractivity (Wildman–Crippen MR) is 127 cm³/mol. The molecule has 158 valence electrons. The van der Waals surface area contributed by atoms with Gasteiger partial charge in [0.2, 0.25) is 5.95 Å². The van der Waals surface area contributed by atoms with E-state index in [1.165, 1.54) is 0 Å². The molecule has 1 amide bonds. The van der Waals surface area contributed by atoms with E-state index in [9.17, 15) is 4.79 Å². The van der Waals surface area contributed by atoms with Gasteiger partial charge >= 0.3 is 0 Å². The number of anilines is 2. The standard InChI is InChI=1S/C24H19BrN6O/c1-15-20(23(32)28-19-8-5-13-26-14-19)21(16-9-11-18(25)12-10-16)31-24(27-15)29-22(30-31)17-6-3-2-4-7-17/h2-14,21H,1H3,(H,28,32)(H,27,29,30)/t21-/m0/s1. The number of benzene rings is 2. The highest BCUT2D eigenvalue weighted by Gasteiger charge is 2.34. The fourth-order valence-electron chi connectivity index (χ4n) is 3.74. The van der Waals surface area contributed by atoms with Crippen LogP contribution < -0.4 is 10.6 Å². The first kappa shape index (κ1) is 20.1. The highest BCUT2D eigenvalue weighted by molar-refractivity contribution is 9.10. The van der Waals surface area contributed by atoms with Crippen molar-refractivity contribution < 1.29 is 4.79 Å². The Morgan fingerprint density at radius 3 is 2.56 bits per heavy atom. The summed E-state index contributed by atoms with van der Waals surface area (Å²) in [6.45, 7) is 1.88. The Morgan fingerprint density at radius 2 is 1.84 bits per heavy atom. The first-order valence-corrected chi connectivity index (χ1v) is 10.9. The van der Waals surface area contributed by atoms with Crippen molar-refractivity contribution in [2.45, 2.75) is 13.0 Å². The maximum atomic E-state index is 13.4. The van der Waals surface area contributed by atoms with Gasteiger partial charge in [-0.05, 0) is 36.8 Å². The summed E-state index contributed by atoms with van der Waals surface area (Å²) in [5.41, 5.74) is 3.75. The van der Waals surface area contributed by atoms with Gasteiger partial charge in [-0.25, -0.2) is 4.68 Å². The molecule has 1 aliphatic rings. The lowest BCUT2D eigenvalue weighted by molar-refractivity contribution is -0.113. The first-order valence-electron chi connectivity index (χ1n) is 10.1. The Labute approximate surface area is 193 Å². The molecular weight excluding hydrogens is 468 g/mol. The van der Waals surface area contributed by atoms with E-state index in [0.717, 1.165) is 21.3 Å². The van der Waals surface area contributed by atoms with Crippen molar-refractivity contribution >= 4 is 33.5 Å². The van der Waals surface area contributed by atoms with Crippen LogP contribution >= 0.6 is 15.9 Å². The number of amides is 1. The van der Waals surface area contributed by atoms with Crippen LogP contribution in [-0.4, -0.2) is 25.7 Å². The molecule has 5 rings (SSSR count). The molecule has 2 N–H and O–H groups in total. The smallest absolute Gasteiger partial charge is 0.255 e. The summed E-state index contributed by atoms with van der Waals surface area (Å²) >= 11 is 3.49. The maximum Gasteiger partial charge on any atom is 0.255 e. The van der Waals surface area contributed by atoms with Gasteiger partial charge < -0.3 is 10.6 Å². The van der Waals surface area contributed by atoms with Gasteiger partial charge in [-0.2, -0.15) is 4.98 Å². The number of rotatable bonds is 4. The van der Waals surface area contributed by atoms with E-state index in [1.807, 2.05) is 61.5 Å². The monoisotopic (exact) mass is 486 g/mol. The molecule has 0 radical (unpaired) electrons. The summed E-state index contributed by atoms with van der Waals surface area (Å²) < 4.78 is 2.73. The molecule has 0 saturated heterocycles. The van der Waals surface area contributed by atoms with Crippen LogP contribution in [0.3, 0.4) is 0 Å². The van der Waals surface area contributed by atoms with Crippen LogP contribution in [0.15, 0.2) is 94.9 Å². The van der Waals surface area contributed by atoms with Gasteiger partial charge in [0.25, 0.3) is 5.91 Å². The zero-order chi connectivity index (χ0) is 22.1. The Morgan fingerprint density at radius 1 is 1.06 bits per heavy atom. The molecule has 1 atom stereocenters. The number of aromatic nitrogens is 4. The average Bonchev–Trinajstić information content (AvgIpc) is 3.23. The van der Waals surface area contributed by atoms with Gasteiger partial charge in [0, 0.05) is 21.9 Å². The lowest BCUT2D eigenvalue weighted by atomic mass is 9.95. The van der Waals surface area contributed by atoms with Crippen molar-refractivity contribution in [3.63, 3.8) is 0 Å². The number of fused-ring (bicyclic) bond motifs is 1. The fourth-order valence-corrected chi connectivity index (χ4v) is 4.01. The van der Waals surface area contributed by atoms with Gasteiger partial charge in [0.05, 0.1) is 17.5 Å². The van der Waals surface area contributed by atoms with Gasteiger partial charge in [-0.3, -0.25) is 9.78 Å². The summed E-state index contributed by atoms with van der Waals surface area (Å²) in [5, 5.41) is 11.0. The molecule has 2 aromatic heterocycles. The zero-order valence-electron chi connectivity index (χ0n) is 17.2. The third-order valence-corrected chi connectivity index (χ3v) is 5.76. The summed E-state index contributed by atoms with van der Waals surface area (Å²) in [5.74, 6) is 0.961. The molecule has 1 aliphatic heterocycles. The van der Waals surface area contributed by atoms with E-state index in [-0.39, 0.29) is 5.91 Å². The highest BCUT2D eigenvalue weighted by Crippen LogP contribution is 2.37. The lowest BCUT2D eigenvalue weighted by Gasteiger charge is -2.28. The van der Waals surface area contributed by atoms with Crippen LogP contribution in [0.1, 0.15) is 18.5 Å². The number of carbonyl (C=O) groups is 1. The van der Waals surface area contributed by atoms with Crippen molar-refractivity contribution in [2.24, 2.45) is 0 Å². The number of allylic oxidation sites excluding steroid dienone is 1. The summed E-state index contributed by atoms with van der Waals surface area (Å²) in [4.78, 5) is 22.2. The molecule has 3 heterocycles. The van der Waals surface area contributed by atoms with Crippen molar-refractivity contribution in [1.82, 2.24) is 19.7 Å². The van der Waals surface area contributed by atoms with Crippen molar-refractivity contribution in [3.05, 3.63) is 100 Å². The second kappa shape index (κ2) is 8.39. The van der Waals surface area contributed by atoms with Crippen molar-refractivity contribution in [1.29, 1.82) is 0 Å². The van der Waals surface area contributed by atoms with E-state index < -0.39 is 6.04 Å². The fraction of sp³-hybridized carbons (Fsp3) is 0.0833. The quantitative estimate of drug-likeness (QED) is 0.422. The number of carbonyl (C=O) groups excluding carboxylic acids is 1. The number of halogens is 1. The largest absolute Gasteiger partial charge is 0.328 e. The van der Waals surface area contributed by atoms with Crippen LogP contribution in [-0.2, 0) is 4.79 Å². The molecular formula is C24H19BrN6O. The minimum absolute atomic E-state index is 0.224. The second-order valence-electron chi connectivity index (χ2n) is 7.38. The topological polar surface area (TPSA) is 84.7 Å². The number of nitrogens with one attached hydrogen (secondary N) is 2. The molecule has 0 fully saturated rings. The molecule has 32 heavy (non-hydrogen) atoms. The van der Waals surface area contributed by atoms with E-state index in [1.54, 1.807) is 29.2 Å². The Balaban J connectivity index is 1.60. The van der Waals surface area contributed by atoms with E-state index >= 15 is 0 Å². The molecule has 7 nitrogen and oxygen atoms in total. The van der Waals surface area contributed by atoms with E-state index in [4.69, 9.17) is 10.1 Å². The summed E-state index contributed by atoms with van der Waals surface area (Å²) in [6, 6.07) is 20.8. The van der Waals surface area contributed by atoms with Crippen molar-refractivity contribution in [2.75, 3.05) is 10.6 Å². The SMILES string of the molecule is CC1=C(C(=O)Nc2cccnc2)[C@H](c2ccc(Br)cc2)n2nc(-c3ccccc3)nc2N1. The van der Waals surface area contributed by atoms with Gasteiger partial charge in [0.1, 0.15) is 6.04 Å². The second-order valence-corrected chi connectivity index (χ2v) is 8.30. The number of nitrogens with zero attached hydrogens (tertiary/aromatic N) is 4. The first-order chi connectivity index (χ1) is 15.6. The van der Waals surface area contributed by atoms with Gasteiger partial charge in [-0.15, -0.1) is 5.10 Å². The zero-order valence-corrected chi connectivity index (χ0v) is 18.7. The van der Waals surface area contributed by atoms with Gasteiger partial charge in [-0.1, -0.05) is 58.4 Å².